The first-order valence-electron chi connectivity index (χ1n) is 9.72. The Balaban J connectivity index is 2.07. The molecule has 1 atom stereocenters. The molecule has 6 nitrogen and oxygen atoms in total. The standard InChI is InChI=1S/C20H34N4O2/c1-4-21-20(22-9-12-25-5-2)23-16-19(24-10-13-26-14-11-24)18-8-6-7-17(3)15-18/h6-8,15,19H,4-5,9-14,16H2,1-3H3,(H2,21,22,23). The van der Waals surface area contributed by atoms with Crippen molar-refractivity contribution in [3.05, 3.63) is 35.4 Å². The number of aliphatic imine (C=N–C) groups is 1. The lowest BCUT2D eigenvalue weighted by Crippen LogP contribution is -2.42. The van der Waals surface area contributed by atoms with E-state index in [1.165, 1.54) is 11.1 Å². The number of ether oxygens (including phenoxy) is 2. The van der Waals surface area contributed by atoms with Gasteiger partial charge in [-0.15, -0.1) is 0 Å². The Kier molecular flexibility index (Phi) is 9.45. The summed E-state index contributed by atoms with van der Waals surface area (Å²) in [6.45, 7) is 13.4. The lowest BCUT2D eigenvalue weighted by Gasteiger charge is -2.34. The molecule has 146 valence electrons. The van der Waals surface area contributed by atoms with E-state index in [1.54, 1.807) is 0 Å². The normalized spacial score (nSPS) is 17.1. The van der Waals surface area contributed by atoms with E-state index in [-0.39, 0.29) is 6.04 Å². The van der Waals surface area contributed by atoms with E-state index in [9.17, 15) is 0 Å². The van der Waals surface area contributed by atoms with Crippen LogP contribution in [0.15, 0.2) is 29.3 Å². The molecule has 0 radical (unpaired) electrons. The zero-order valence-corrected chi connectivity index (χ0v) is 16.5. The summed E-state index contributed by atoms with van der Waals surface area (Å²) in [5, 5.41) is 6.67. The molecule has 1 saturated heterocycles. The molecule has 0 aliphatic carbocycles. The molecule has 0 bridgehead atoms. The van der Waals surface area contributed by atoms with Crippen LogP contribution in [0.1, 0.15) is 31.0 Å². The maximum Gasteiger partial charge on any atom is 0.191 e. The Morgan fingerprint density at radius 2 is 2.08 bits per heavy atom. The highest BCUT2D eigenvalue weighted by Crippen LogP contribution is 2.23. The molecule has 2 N–H and O–H groups in total. The van der Waals surface area contributed by atoms with Crippen LogP contribution in [0.4, 0.5) is 0 Å². The van der Waals surface area contributed by atoms with E-state index in [1.807, 2.05) is 6.92 Å². The molecule has 0 amide bonds. The first kappa shape index (κ1) is 20.7. The van der Waals surface area contributed by atoms with Crippen molar-refractivity contribution in [2.75, 3.05) is 59.2 Å². The Hall–Kier alpha value is -1.63. The monoisotopic (exact) mass is 362 g/mol. The highest BCUT2D eigenvalue weighted by atomic mass is 16.5. The summed E-state index contributed by atoms with van der Waals surface area (Å²) in [6.07, 6.45) is 0. The summed E-state index contributed by atoms with van der Waals surface area (Å²) in [6, 6.07) is 9.01. The smallest absolute Gasteiger partial charge is 0.191 e. The Morgan fingerprint density at radius 1 is 1.27 bits per heavy atom. The largest absolute Gasteiger partial charge is 0.380 e. The fraction of sp³-hybridized carbons (Fsp3) is 0.650. The van der Waals surface area contributed by atoms with Crippen LogP contribution in [0, 0.1) is 6.92 Å². The number of hydrogen-bond acceptors (Lipinski definition) is 4. The van der Waals surface area contributed by atoms with Gasteiger partial charge < -0.3 is 20.1 Å². The third kappa shape index (κ3) is 6.94. The fourth-order valence-electron chi connectivity index (χ4n) is 3.10. The molecule has 0 aromatic heterocycles. The molecule has 0 saturated carbocycles. The minimum absolute atomic E-state index is 0.265. The van der Waals surface area contributed by atoms with Gasteiger partial charge in [-0.1, -0.05) is 29.8 Å². The predicted octanol–water partition coefficient (Wildman–Crippen LogP) is 1.96. The second kappa shape index (κ2) is 11.9. The maximum atomic E-state index is 5.53. The quantitative estimate of drug-likeness (QED) is 0.400. The number of aryl methyl sites for hydroxylation is 1. The van der Waals surface area contributed by atoms with Crippen molar-refractivity contribution in [2.24, 2.45) is 4.99 Å². The van der Waals surface area contributed by atoms with Crippen molar-refractivity contribution in [1.29, 1.82) is 0 Å². The summed E-state index contributed by atoms with van der Waals surface area (Å²) in [5.74, 6) is 0.845. The molecule has 6 heteroatoms. The first-order chi connectivity index (χ1) is 12.7. The predicted molar refractivity (Wildman–Crippen MR) is 107 cm³/mol. The number of guanidine groups is 1. The fourth-order valence-corrected chi connectivity index (χ4v) is 3.10. The van der Waals surface area contributed by atoms with E-state index >= 15 is 0 Å². The average Bonchev–Trinajstić information content (AvgIpc) is 2.66. The first-order valence-corrected chi connectivity index (χ1v) is 9.72. The van der Waals surface area contributed by atoms with Crippen LogP contribution >= 0.6 is 0 Å². The SMILES string of the molecule is CCNC(=NCC(c1cccc(C)c1)N1CCOCC1)NCCOCC. The summed E-state index contributed by atoms with van der Waals surface area (Å²) in [4.78, 5) is 7.33. The molecule has 1 aromatic rings. The van der Waals surface area contributed by atoms with Crippen molar-refractivity contribution in [1.82, 2.24) is 15.5 Å². The van der Waals surface area contributed by atoms with Crippen LogP contribution in [0.5, 0.6) is 0 Å². The van der Waals surface area contributed by atoms with Gasteiger partial charge in [-0.05, 0) is 26.3 Å². The van der Waals surface area contributed by atoms with Gasteiger partial charge in [0, 0.05) is 32.8 Å². The molecule has 1 heterocycles. The summed E-state index contributed by atoms with van der Waals surface area (Å²) in [5.41, 5.74) is 2.60. The lowest BCUT2D eigenvalue weighted by atomic mass is 10.0. The van der Waals surface area contributed by atoms with Gasteiger partial charge >= 0.3 is 0 Å². The van der Waals surface area contributed by atoms with E-state index in [0.29, 0.717) is 13.2 Å². The van der Waals surface area contributed by atoms with E-state index in [2.05, 4.69) is 53.6 Å². The zero-order chi connectivity index (χ0) is 18.6. The van der Waals surface area contributed by atoms with Crippen LogP contribution in [-0.2, 0) is 9.47 Å². The molecule has 1 aliphatic rings. The molecule has 1 unspecified atom stereocenters. The lowest BCUT2D eigenvalue weighted by molar-refractivity contribution is 0.0179. The minimum Gasteiger partial charge on any atom is -0.380 e. The second-order valence-electron chi connectivity index (χ2n) is 6.42. The van der Waals surface area contributed by atoms with E-state index in [0.717, 1.165) is 52.0 Å². The summed E-state index contributed by atoms with van der Waals surface area (Å²) < 4.78 is 10.9. The van der Waals surface area contributed by atoms with Gasteiger partial charge in [-0.2, -0.15) is 0 Å². The van der Waals surface area contributed by atoms with Crippen molar-refractivity contribution < 1.29 is 9.47 Å². The van der Waals surface area contributed by atoms with Crippen LogP contribution < -0.4 is 10.6 Å². The molecule has 1 aromatic carbocycles. The van der Waals surface area contributed by atoms with Crippen molar-refractivity contribution in [3.63, 3.8) is 0 Å². The Morgan fingerprint density at radius 3 is 2.77 bits per heavy atom. The number of nitrogens with one attached hydrogen (secondary N) is 2. The third-order valence-electron chi connectivity index (χ3n) is 4.42. The number of morpholine rings is 1. The highest BCUT2D eigenvalue weighted by molar-refractivity contribution is 5.79. The van der Waals surface area contributed by atoms with Gasteiger partial charge in [0.1, 0.15) is 0 Å². The van der Waals surface area contributed by atoms with Crippen molar-refractivity contribution in [2.45, 2.75) is 26.8 Å². The van der Waals surface area contributed by atoms with Gasteiger partial charge in [0.15, 0.2) is 5.96 Å². The summed E-state index contributed by atoms with van der Waals surface area (Å²) in [7, 11) is 0. The zero-order valence-electron chi connectivity index (χ0n) is 16.5. The molecule has 1 fully saturated rings. The van der Waals surface area contributed by atoms with Gasteiger partial charge in [0.05, 0.1) is 32.4 Å². The second-order valence-corrected chi connectivity index (χ2v) is 6.42. The highest BCUT2D eigenvalue weighted by Gasteiger charge is 2.22. The summed E-state index contributed by atoms with van der Waals surface area (Å²) >= 11 is 0. The van der Waals surface area contributed by atoms with Gasteiger partial charge in [-0.3, -0.25) is 9.89 Å². The molecule has 1 aliphatic heterocycles. The van der Waals surface area contributed by atoms with Crippen LogP contribution in [-0.4, -0.2) is 70.0 Å². The number of benzene rings is 1. The van der Waals surface area contributed by atoms with Crippen LogP contribution in [0.2, 0.25) is 0 Å². The van der Waals surface area contributed by atoms with Crippen molar-refractivity contribution >= 4 is 5.96 Å². The van der Waals surface area contributed by atoms with Gasteiger partial charge in [0.2, 0.25) is 0 Å². The molecule has 2 rings (SSSR count). The molecular formula is C20H34N4O2. The topological polar surface area (TPSA) is 58.1 Å². The minimum atomic E-state index is 0.265. The van der Waals surface area contributed by atoms with Crippen LogP contribution in [0.3, 0.4) is 0 Å². The van der Waals surface area contributed by atoms with E-state index < -0.39 is 0 Å². The Bertz CT molecular complexity index is 544. The van der Waals surface area contributed by atoms with Gasteiger partial charge in [0.25, 0.3) is 0 Å². The Labute approximate surface area is 158 Å². The molecular weight excluding hydrogens is 328 g/mol. The van der Waals surface area contributed by atoms with Crippen LogP contribution in [0.25, 0.3) is 0 Å². The number of rotatable bonds is 9. The van der Waals surface area contributed by atoms with Gasteiger partial charge in [-0.25, -0.2) is 0 Å². The third-order valence-corrected chi connectivity index (χ3v) is 4.42. The van der Waals surface area contributed by atoms with Crippen molar-refractivity contribution in [3.8, 4) is 0 Å². The number of nitrogens with zero attached hydrogens (tertiary/aromatic N) is 2. The number of hydrogen-bond donors (Lipinski definition) is 2. The average molecular weight is 363 g/mol. The van der Waals surface area contributed by atoms with E-state index in [4.69, 9.17) is 14.5 Å². The molecule has 26 heavy (non-hydrogen) atoms. The molecule has 0 spiro atoms. The maximum absolute atomic E-state index is 5.53.